The molecule has 2 heterocycles. The number of amides is 1. The van der Waals surface area contributed by atoms with Gasteiger partial charge in [-0.25, -0.2) is 9.37 Å². The number of carbonyl (C=O) groups excluding carboxylic acids is 1. The van der Waals surface area contributed by atoms with E-state index in [2.05, 4.69) is 15.6 Å². The van der Waals surface area contributed by atoms with Crippen molar-refractivity contribution in [2.75, 3.05) is 11.9 Å². The number of hydrogen-bond acceptors (Lipinski definition) is 4. The summed E-state index contributed by atoms with van der Waals surface area (Å²) >= 11 is 1.36. The Hall–Kier alpha value is -1.69. The van der Waals surface area contributed by atoms with Crippen LogP contribution in [0.2, 0.25) is 0 Å². The molecule has 2 aromatic rings. The zero-order valence-corrected chi connectivity index (χ0v) is 10.4. The standard InChI is InChI=1S/C12H12FN3OS/c13-7-3-4-8-10(6-7)18-12(15-8)16-9-2-1-5-14-11(9)17/h3-4,6,9H,1-2,5H2,(H,14,17)(H,15,16). The number of rotatable bonds is 2. The van der Waals surface area contributed by atoms with Gasteiger partial charge < -0.3 is 10.6 Å². The highest BCUT2D eigenvalue weighted by atomic mass is 32.1. The van der Waals surface area contributed by atoms with Crippen molar-refractivity contribution in [2.45, 2.75) is 18.9 Å². The maximum atomic E-state index is 13.1. The summed E-state index contributed by atoms with van der Waals surface area (Å²) in [6, 6.07) is 4.26. The molecule has 0 radical (unpaired) electrons. The molecule has 94 valence electrons. The SMILES string of the molecule is O=C1NCCCC1Nc1nc2ccc(F)cc2s1. The lowest BCUT2D eigenvalue weighted by atomic mass is 10.1. The van der Waals surface area contributed by atoms with Gasteiger partial charge in [0.2, 0.25) is 5.91 Å². The van der Waals surface area contributed by atoms with E-state index in [1.165, 1.54) is 23.5 Å². The average Bonchev–Trinajstić information content (AvgIpc) is 2.73. The minimum Gasteiger partial charge on any atom is -0.354 e. The number of hydrogen-bond donors (Lipinski definition) is 2. The fourth-order valence-electron chi connectivity index (χ4n) is 2.02. The molecule has 0 saturated carbocycles. The summed E-state index contributed by atoms with van der Waals surface area (Å²) < 4.78 is 13.8. The lowest BCUT2D eigenvalue weighted by Crippen LogP contribution is -2.44. The van der Waals surface area contributed by atoms with E-state index in [4.69, 9.17) is 0 Å². The number of anilines is 1. The molecule has 0 aliphatic carbocycles. The number of nitrogens with one attached hydrogen (secondary N) is 2. The Labute approximate surface area is 107 Å². The van der Waals surface area contributed by atoms with Crippen LogP contribution in [0.25, 0.3) is 10.2 Å². The molecule has 6 heteroatoms. The number of aromatic nitrogens is 1. The van der Waals surface area contributed by atoms with Gasteiger partial charge in [0.05, 0.1) is 10.2 Å². The summed E-state index contributed by atoms with van der Waals surface area (Å²) in [5.41, 5.74) is 0.750. The lowest BCUT2D eigenvalue weighted by molar-refractivity contribution is -0.123. The zero-order valence-electron chi connectivity index (χ0n) is 9.57. The van der Waals surface area contributed by atoms with Crippen LogP contribution in [0, 0.1) is 5.82 Å². The first kappa shape index (κ1) is 11.4. The predicted molar refractivity (Wildman–Crippen MR) is 69.2 cm³/mol. The Kier molecular flexibility index (Phi) is 2.87. The summed E-state index contributed by atoms with van der Waals surface area (Å²) in [5, 5.41) is 6.59. The molecular weight excluding hydrogens is 253 g/mol. The molecule has 1 atom stereocenters. The molecule has 2 N–H and O–H groups in total. The molecule has 1 aromatic carbocycles. The Balaban J connectivity index is 1.84. The highest BCUT2D eigenvalue weighted by Gasteiger charge is 2.22. The van der Waals surface area contributed by atoms with Gasteiger partial charge in [0.25, 0.3) is 0 Å². The Morgan fingerprint density at radius 2 is 2.39 bits per heavy atom. The van der Waals surface area contributed by atoms with E-state index in [9.17, 15) is 9.18 Å². The minimum absolute atomic E-state index is 0.00619. The average molecular weight is 265 g/mol. The van der Waals surface area contributed by atoms with Crippen LogP contribution in [0.4, 0.5) is 9.52 Å². The highest BCUT2D eigenvalue weighted by molar-refractivity contribution is 7.22. The maximum Gasteiger partial charge on any atom is 0.242 e. The molecule has 1 aliphatic rings. The molecule has 4 nitrogen and oxygen atoms in total. The van der Waals surface area contributed by atoms with Crippen molar-refractivity contribution in [1.29, 1.82) is 0 Å². The molecule has 1 saturated heterocycles. The normalized spacial score (nSPS) is 19.8. The molecule has 1 aromatic heterocycles. The van der Waals surface area contributed by atoms with Gasteiger partial charge in [-0.15, -0.1) is 0 Å². The summed E-state index contributed by atoms with van der Waals surface area (Å²) in [6.07, 6.45) is 1.76. The summed E-state index contributed by atoms with van der Waals surface area (Å²) in [4.78, 5) is 16.0. The van der Waals surface area contributed by atoms with Gasteiger partial charge in [-0.05, 0) is 31.0 Å². The predicted octanol–water partition coefficient (Wildman–Crippen LogP) is 2.13. The first-order valence-corrected chi connectivity index (χ1v) is 6.64. The quantitative estimate of drug-likeness (QED) is 0.874. The van der Waals surface area contributed by atoms with Crippen LogP contribution in [-0.2, 0) is 4.79 Å². The van der Waals surface area contributed by atoms with Gasteiger partial charge in [0.1, 0.15) is 11.9 Å². The van der Waals surface area contributed by atoms with E-state index in [-0.39, 0.29) is 17.8 Å². The minimum atomic E-state index is -0.270. The second-order valence-electron chi connectivity index (χ2n) is 4.26. The van der Waals surface area contributed by atoms with Gasteiger partial charge in [0, 0.05) is 6.54 Å². The second-order valence-corrected chi connectivity index (χ2v) is 5.29. The maximum absolute atomic E-state index is 13.1. The van der Waals surface area contributed by atoms with Crippen molar-refractivity contribution in [2.24, 2.45) is 0 Å². The van der Waals surface area contributed by atoms with E-state index in [1.807, 2.05) is 0 Å². The summed E-state index contributed by atoms with van der Waals surface area (Å²) in [6.45, 7) is 0.738. The number of benzene rings is 1. The number of nitrogens with zero attached hydrogens (tertiary/aromatic N) is 1. The lowest BCUT2D eigenvalue weighted by Gasteiger charge is -2.22. The smallest absolute Gasteiger partial charge is 0.242 e. The van der Waals surface area contributed by atoms with Crippen molar-refractivity contribution >= 4 is 32.6 Å². The van der Waals surface area contributed by atoms with Crippen molar-refractivity contribution < 1.29 is 9.18 Å². The molecule has 3 rings (SSSR count). The van der Waals surface area contributed by atoms with E-state index >= 15 is 0 Å². The van der Waals surface area contributed by atoms with Crippen LogP contribution in [0.15, 0.2) is 18.2 Å². The third kappa shape index (κ3) is 2.15. The Bertz CT molecular complexity index is 598. The van der Waals surface area contributed by atoms with E-state index in [1.54, 1.807) is 6.07 Å². The molecular formula is C12H12FN3OS. The van der Waals surface area contributed by atoms with Crippen LogP contribution in [0.1, 0.15) is 12.8 Å². The molecule has 0 bridgehead atoms. The third-order valence-electron chi connectivity index (χ3n) is 2.93. The number of carbonyl (C=O) groups is 1. The zero-order chi connectivity index (χ0) is 12.5. The first-order chi connectivity index (χ1) is 8.72. The fourth-order valence-corrected chi connectivity index (χ4v) is 2.96. The van der Waals surface area contributed by atoms with Gasteiger partial charge in [-0.1, -0.05) is 11.3 Å². The Morgan fingerprint density at radius 3 is 3.22 bits per heavy atom. The molecule has 1 amide bonds. The topological polar surface area (TPSA) is 54.0 Å². The molecule has 0 spiro atoms. The molecule has 1 unspecified atom stereocenters. The Morgan fingerprint density at radius 1 is 1.50 bits per heavy atom. The van der Waals surface area contributed by atoms with Crippen LogP contribution < -0.4 is 10.6 Å². The van der Waals surface area contributed by atoms with Gasteiger partial charge in [0.15, 0.2) is 5.13 Å². The second kappa shape index (κ2) is 4.53. The van der Waals surface area contributed by atoms with Crippen LogP contribution in [-0.4, -0.2) is 23.5 Å². The number of piperidine rings is 1. The van der Waals surface area contributed by atoms with Gasteiger partial charge in [-0.2, -0.15) is 0 Å². The van der Waals surface area contributed by atoms with Crippen molar-refractivity contribution in [1.82, 2.24) is 10.3 Å². The first-order valence-electron chi connectivity index (χ1n) is 5.83. The third-order valence-corrected chi connectivity index (χ3v) is 3.88. The highest BCUT2D eigenvalue weighted by Crippen LogP contribution is 2.27. The van der Waals surface area contributed by atoms with Crippen molar-refractivity contribution in [3.05, 3.63) is 24.0 Å². The largest absolute Gasteiger partial charge is 0.354 e. The fraction of sp³-hybridized carbons (Fsp3) is 0.333. The number of halogens is 1. The van der Waals surface area contributed by atoms with E-state index in [0.29, 0.717) is 5.13 Å². The van der Waals surface area contributed by atoms with Crippen LogP contribution >= 0.6 is 11.3 Å². The monoisotopic (exact) mass is 265 g/mol. The molecule has 18 heavy (non-hydrogen) atoms. The number of fused-ring (bicyclic) bond motifs is 1. The van der Waals surface area contributed by atoms with E-state index < -0.39 is 0 Å². The summed E-state index contributed by atoms with van der Waals surface area (Å²) in [5.74, 6) is -0.264. The van der Waals surface area contributed by atoms with Gasteiger partial charge >= 0.3 is 0 Å². The van der Waals surface area contributed by atoms with Crippen molar-refractivity contribution in [3.63, 3.8) is 0 Å². The summed E-state index contributed by atoms with van der Waals surface area (Å²) in [7, 11) is 0. The van der Waals surface area contributed by atoms with Crippen LogP contribution in [0.3, 0.4) is 0 Å². The van der Waals surface area contributed by atoms with Gasteiger partial charge in [-0.3, -0.25) is 4.79 Å². The van der Waals surface area contributed by atoms with Crippen molar-refractivity contribution in [3.8, 4) is 0 Å². The number of thiazole rings is 1. The van der Waals surface area contributed by atoms with Crippen LogP contribution in [0.5, 0.6) is 0 Å². The molecule has 1 fully saturated rings. The van der Waals surface area contributed by atoms with E-state index in [0.717, 1.165) is 29.6 Å². The molecule has 1 aliphatic heterocycles.